The summed E-state index contributed by atoms with van der Waals surface area (Å²) in [5, 5.41) is 3.36. The van der Waals surface area contributed by atoms with Crippen LogP contribution < -0.4 is 9.62 Å². The van der Waals surface area contributed by atoms with E-state index >= 15 is 0 Å². The molecule has 0 aliphatic heterocycles. The van der Waals surface area contributed by atoms with E-state index in [0.717, 1.165) is 63.8 Å². The summed E-state index contributed by atoms with van der Waals surface area (Å²) < 4.78 is 33.5. The zero-order valence-corrected chi connectivity index (χ0v) is 23.4. The normalized spacial score (nSPS) is 16.3. The number of amides is 1. The third-order valence-corrected chi connectivity index (χ3v) is 8.66. The van der Waals surface area contributed by atoms with Crippen LogP contribution in [0.1, 0.15) is 73.0 Å². The minimum Gasteiger partial charge on any atom is -0.437 e. The summed E-state index contributed by atoms with van der Waals surface area (Å²) in [6.07, 6.45) is 16.0. The van der Waals surface area contributed by atoms with Gasteiger partial charge in [0.1, 0.15) is 11.6 Å². The second-order valence-electron chi connectivity index (χ2n) is 9.59. The maximum atomic E-state index is 13.0. The summed E-state index contributed by atoms with van der Waals surface area (Å²) in [4.78, 5) is 17.8. The largest absolute Gasteiger partial charge is 0.437 e. The van der Waals surface area contributed by atoms with E-state index in [9.17, 15) is 13.2 Å². The maximum absolute atomic E-state index is 13.0. The zero-order chi connectivity index (χ0) is 25.9. The molecule has 1 saturated carbocycles. The highest BCUT2D eigenvalue weighted by Gasteiger charge is 2.34. The van der Waals surface area contributed by atoms with Gasteiger partial charge in [-0.15, -0.1) is 8.58 Å². The molecular formula is C27H36N3O4PS. The van der Waals surface area contributed by atoms with E-state index in [2.05, 4.69) is 18.1 Å². The quantitative estimate of drug-likeness (QED) is 0.302. The Balaban J connectivity index is 1.83. The number of furan rings is 1. The molecule has 2 aromatic rings. The molecule has 0 bridgehead atoms. The molecule has 1 atom stereocenters. The SMILES string of the molecule is CNC(=O)c1c(C2=CCC=C(C)C=C2)oc2nc(N(CCCCCPC)S(C)(=O)=O)c(C3CC3)cc12. The van der Waals surface area contributed by atoms with Crippen LogP contribution in [0.15, 0.2) is 40.4 Å². The fourth-order valence-electron chi connectivity index (χ4n) is 4.54. The second-order valence-corrected chi connectivity index (χ2v) is 12.7. The number of hydrogen-bond acceptors (Lipinski definition) is 5. The van der Waals surface area contributed by atoms with Crippen molar-refractivity contribution in [3.8, 4) is 0 Å². The summed E-state index contributed by atoms with van der Waals surface area (Å²) in [6.45, 7) is 4.61. The number of anilines is 1. The van der Waals surface area contributed by atoms with Gasteiger partial charge in [-0.25, -0.2) is 8.42 Å². The van der Waals surface area contributed by atoms with Gasteiger partial charge in [0, 0.05) is 19.2 Å². The molecule has 1 unspecified atom stereocenters. The second kappa shape index (κ2) is 11.3. The molecule has 0 radical (unpaired) electrons. The smallest absolute Gasteiger partial charge is 0.255 e. The van der Waals surface area contributed by atoms with Crippen molar-refractivity contribution in [1.82, 2.24) is 10.3 Å². The third-order valence-electron chi connectivity index (χ3n) is 6.65. The Morgan fingerprint density at radius 1 is 1.22 bits per heavy atom. The topological polar surface area (TPSA) is 92.5 Å². The molecule has 0 spiro atoms. The van der Waals surface area contributed by atoms with Crippen molar-refractivity contribution in [2.75, 3.05) is 37.0 Å². The summed E-state index contributed by atoms with van der Waals surface area (Å²) in [5.74, 6) is 0.889. The Kier molecular flexibility index (Phi) is 8.36. The first-order chi connectivity index (χ1) is 17.2. The van der Waals surface area contributed by atoms with Crippen LogP contribution in [-0.4, -0.2) is 52.0 Å². The van der Waals surface area contributed by atoms with Crippen molar-refractivity contribution in [2.24, 2.45) is 0 Å². The van der Waals surface area contributed by atoms with Crippen LogP contribution in [0, 0.1) is 0 Å². The minimum absolute atomic E-state index is 0.238. The lowest BCUT2D eigenvalue weighted by atomic mass is 10.0. The Morgan fingerprint density at radius 3 is 2.67 bits per heavy atom. The number of nitrogens with zero attached hydrogens (tertiary/aromatic N) is 2. The van der Waals surface area contributed by atoms with Crippen LogP contribution in [0.2, 0.25) is 0 Å². The number of fused-ring (bicyclic) bond motifs is 1. The average Bonchev–Trinajstić information content (AvgIpc) is 3.64. The van der Waals surface area contributed by atoms with Gasteiger partial charge in [-0.1, -0.05) is 36.3 Å². The van der Waals surface area contributed by atoms with Gasteiger partial charge in [-0.05, 0) is 69.4 Å². The van der Waals surface area contributed by atoms with Gasteiger partial charge in [0.2, 0.25) is 15.7 Å². The highest BCUT2D eigenvalue weighted by Crippen LogP contribution is 2.46. The predicted octanol–water partition coefficient (Wildman–Crippen LogP) is 5.60. The number of allylic oxidation sites excluding steroid dienone is 6. The summed E-state index contributed by atoms with van der Waals surface area (Å²) >= 11 is 0. The Bertz CT molecular complexity index is 1340. The summed E-state index contributed by atoms with van der Waals surface area (Å²) in [6, 6.07) is 1.94. The molecular weight excluding hydrogens is 493 g/mol. The van der Waals surface area contributed by atoms with Gasteiger partial charge in [-0.3, -0.25) is 9.10 Å². The molecule has 4 rings (SSSR count). The molecule has 2 aliphatic carbocycles. The lowest BCUT2D eigenvalue weighted by molar-refractivity contribution is 0.0963. The van der Waals surface area contributed by atoms with Gasteiger partial charge in [-0.2, -0.15) is 4.98 Å². The Hall–Kier alpha value is -2.44. The van der Waals surface area contributed by atoms with E-state index < -0.39 is 10.0 Å². The number of hydrogen-bond donors (Lipinski definition) is 1. The van der Waals surface area contributed by atoms with Crippen molar-refractivity contribution in [1.29, 1.82) is 0 Å². The van der Waals surface area contributed by atoms with E-state index in [1.54, 1.807) is 7.05 Å². The zero-order valence-electron chi connectivity index (χ0n) is 21.6. The number of pyridine rings is 1. The number of sulfonamides is 1. The van der Waals surface area contributed by atoms with Crippen molar-refractivity contribution in [3.05, 3.63) is 52.8 Å². The number of rotatable bonds is 11. The minimum atomic E-state index is -3.54. The molecule has 2 heterocycles. The summed E-state index contributed by atoms with van der Waals surface area (Å²) in [5.41, 5.74) is 3.55. The van der Waals surface area contributed by atoms with Crippen LogP contribution in [0.5, 0.6) is 0 Å². The molecule has 36 heavy (non-hydrogen) atoms. The lowest BCUT2D eigenvalue weighted by Gasteiger charge is -2.24. The van der Waals surface area contributed by atoms with Gasteiger partial charge in [0.25, 0.3) is 5.91 Å². The number of nitrogens with one attached hydrogen (secondary N) is 1. The monoisotopic (exact) mass is 529 g/mol. The standard InChI is InChI=1S/C27H36N3O4PS/c1-18-9-8-10-20(12-11-18)24-23(26(31)28-2)22-17-21(19-13-14-19)25(29-27(22)34-24)30(36(4,32)33)15-6-5-7-16-35-3/h9-12,17,19,35H,5-8,13-16H2,1-4H3,(H,28,31). The number of unbranched alkanes of at least 4 members (excludes halogenated alkanes) is 2. The third kappa shape index (κ3) is 5.92. The van der Waals surface area contributed by atoms with Crippen molar-refractivity contribution < 1.29 is 17.6 Å². The number of carbonyl (C=O) groups is 1. The molecule has 194 valence electrons. The highest BCUT2D eigenvalue weighted by molar-refractivity contribution is 7.92. The van der Waals surface area contributed by atoms with Crippen molar-refractivity contribution >= 4 is 47.0 Å². The van der Waals surface area contributed by atoms with Gasteiger partial charge in [0.15, 0.2) is 0 Å². The van der Waals surface area contributed by atoms with E-state index in [1.165, 1.54) is 16.7 Å². The molecule has 1 N–H and O–H groups in total. The van der Waals surface area contributed by atoms with Crippen LogP contribution in [0.25, 0.3) is 16.7 Å². The number of aromatic nitrogens is 1. The molecule has 2 aliphatic rings. The lowest BCUT2D eigenvalue weighted by Crippen LogP contribution is -2.32. The molecule has 9 heteroatoms. The molecule has 0 aromatic carbocycles. The molecule has 7 nitrogen and oxygen atoms in total. The van der Waals surface area contributed by atoms with Crippen molar-refractivity contribution in [3.63, 3.8) is 0 Å². The first-order valence-electron chi connectivity index (χ1n) is 12.6. The van der Waals surface area contributed by atoms with E-state index in [-0.39, 0.29) is 17.5 Å². The van der Waals surface area contributed by atoms with Gasteiger partial charge >= 0.3 is 0 Å². The highest BCUT2D eigenvalue weighted by atomic mass is 32.2. The maximum Gasteiger partial charge on any atom is 0.255 e. The Morgan fingerprint density at radius 2 is 2.00 bits per heavy atom. The molecule has 1 fully saturated rings. The number of carbonyl (C=O) groups excluding carboxylic acids is 1. The molecule has 0 saturated heterocycles. The first kappa shape index (κ1) is 26.6. The van der Waals surface area contributed by atoms with E-state index in [4.69, 9.17) is 9.40 Å². The van der Waals surface area contributed by atoms with Crippen LogP contribution >= 0.6 is 8.58 Å². The van der Waals surface area contributed by atoms with E-state index in [1.807, 2.05) is 31.2 Å². The van der Waals surface area contributed by atoms with Gasteiger partial charge < -0.3 is 9.73 Å². The van der Waals surface area contributed by atoms with Gasteiger partial charge in [0.05, 0.1) is 17.2 Å². The predicted molar refractivity (Wildman–Crippen MR) is 150 cm³/mol. The first-order valence-corrected chi connectivity index (χ1v) is 16.2. The van der Waals surface area contributed by atoms with Crippen molar-refractivity contribution in [2.45, 2.75) is 51.4 Å². The fraction of sp³-hybridized carbons (Fsp3) is 0.481. The summed E-state index contributed by atoms with van der Waals surface area (Å²) in [7, 11) is -1.03. The average molecular weight is 530 g/mol. The van der Waals surface area contributed by atoms with E-state index in [0.29, 0.717) is 29.1 Å². The van der Waals surface area contributed by atoms with Crippen LogP contribution in [0.3, 0.4) is 0 Å². The molecule has 1 amide bonds. The fourth-order valence-corrected chi connectivity index (χ4v) is 6.06. The van der Waals surface area contributed by atoms with Crippen LogP contribution in [0.4, 0.5) is 5.82 Å². The molecule has 2 aromatic heterocycles. The van der Waals surface area contributed by atoms with Crippen LogP contribution in [-0.2, 0) is 10.0 Å². The Labute approximate surface area is 215 Å².